The highest BCUT2D eigenvalue weighted by Gasteiger charge is 2.71. The number of carbonyl (C=O) groups excluding carboxylic acids is 3. The molecule has 1 spiro atoms. The number of thioether (sulfide) groups is 1. The van der Waals surface area contributed by atoms with E-state index in [-0.39, 0.29) is 35.6 Å². The van der Waals surface area contributed by atoms with Crippen LogP contribution in [0.25, 0.3) is 0 Å². The lowest BCUT2D eigenvalue weighted by molar-refractivity contribution is -0.154. The molecule has 3 saturated heterocycles. The zero-order valence-corrected chi connectivity index (χ0v) is 23.3. The van der Waals surface area contributed by atoms with Crippen LogP contribution in [0, 0.1) is 17.8 Å². The van der Waals surface area contributed by atoms with Crippen molar-refractivity contribution in [3.05, 3.63) is 24.3 Å². The van der Waals surface area contributed by atoms with Gasteiger partial charge in [0.1, 0.15) is 6.04 Å². The van der Waals surface area contributed by atoms with Gasteiger partial charge in [-0.3, -0.25) is 19.3 Å². The third-order valence-corrected chi connectivity index (χ3v) is 10.5. The van der Waals surface area contributed by atoms with E-state index in [1.165, 1.54) is 0 Å². The highest BCUT2D eigenvalue weighted by atomic mass is 32.2. The van der Waals surface area contributed by atoms with Crippen LogP contribution in [0.3, 0.4) is 0 Å². The molecule has 0 aromatic carbocycles. The molecule has 0 aromatic heterocycles. The van der Waals surface area contributed by atoms with Crippen LogP contribution in [0.1, 0.15) is 33.1 Å². The molecule has 2 amide bonds. The molecule has 1 N–H and O–H groups in total. The number of hydrogen-bond acceptors (Lipinski definition) is 8. The van der Waals surface area contributed by atoms with Gasteiger partial charge in [-0.1, -0.05) is 38.2 Å². The number of cyclic esters (lactones) is 1. The summed E-state index contributed by atoms with van der Waals surface area (Å²) in [6, 6.07) is -1.30. The van der Waals surface area contributed by atoms with E-state index in [0.29, 0.717) is 32.9 Å². The molecule has 9 nitrogen and oxygen atoms in total. The molecule has 5 aliphatic rings. The third-order valence-electron chi connectivity index (χ3n) is 8.73. The highest BCUT2D eigenvalue weighted by Crippen LogP contribution is 2.61. The van der Waals surface area contributed by atoms with E-state index < -0.39 is 28.7 Å². The predicted molar refractivity (Wildman–Crippen MR) is 144 cm³/mol. The monoisotopic (exact) mass is 547 g/mol. The van der Waals surface area contributed by atoms with Crippen LogP contribution >= 0.6 is 11.8 Å². The first-order valence-corrected chi connectivity index (χ1v) is 15.0. The Hall–Kier alpha value is -1.88. The molecule has 6 atom stereocenters. The summed E-state index contributed by atoms with van der Waals surface area (Å²) in [6.07, 6.45) is 10.8. The van der Waals surface area contributed by atoms with Crippen molar-refractivity contribution in [3.8, 4) is 0 Å². The van der Waals surface area contributed by atoms with Crippen molar-refractivity contribution >= 4 is 29.5 Å². The van der Waals surface area contributed by atoms with E-state index in [4.69, 9.17) is 9.47 Å². The second-order valence-corrected chi connectivity index (χ2v) is 12.8. The fraction of sp³-hybridized carbons (Fsp3) is 0.750. The van der Waals surface area contributed by atoms with Crippen molar-refractivity contribution in [1.82, 2.24) is 14.7 Å². The molecular formula is C28H41N3O6S. The number of carbonyl (C=O) groups is 3. The standard InChI is InChI=1S/C28H41N3O6S/c1-19(2)20(18-32)31-24-26(34)30(12-11-29-13-16-36-17-14-29)10-7-9-28(24)23(25(31)33)22-21(38-28)8-5-3-4-6-15-37-27(22)35/h5,7-9,19-24,32H,3-4,6,10-18H2,1-2H3/b8-5-/t20-,21-,22+,23-,24?,28-/m0/s1. The minimum Gasteiger partial charge on any atom is -0.465 e. The summed E-state index contributed by atoms with van der Waals surface area (Å²) in [7, 11) is 0. The molecule has 210 valence electrons. The van der Waals surface area contributed by atoms with Gasteiger partial charge >= 0.3 is 5.97 Å². The SMILES string of the molecule is CC(C)[C@H](CO)N1C(=O)[C@@H]2[C@@H]3C(=O)OCCCC/C=C\[C@@H]3S[C@@]23C=CCN(CCN2CCOCC2)C(=O)C13. The Bertz CT molecular complexity index is 966. The molecule has 5 heterocycles. The van der Waals surface area contributed by atoms with Crippen molar-refractivity contribution < 1.29 is 29.0 Å². The topological polar surface area (TPSA) is 99.6 Å². The number of aliphatic hydroxyl groups excluding tert-OH is 1. The van der Waals surface area contributed by atoms with Gasteiger partial charge in [-0.15, -0.1) is 11.8 Å². The molecule has 0 aromatic rings. The molecular weight excluding hydrogens is 506 g/mol. The number of esters is 1. The lowest BCUT2D eigenvalue weighted by atomic mass is 9.78. The number of ether oxygens (including phenoxy) is 2. The van der Waals surface area contributed by atoms with Crippen LogP contribution in [0.2, 0.25) is 0 Å². The number of amides is 2. The fourth-order valence-electron chi connectivity index (χ4n) is 6.67. The molecule has 0 radical (unpaired) electrons. The zero-order chi connectivity index (χ0) is 26.9. The summed E-state index contributed by atoms with van der Waals surface area (Å²) in [4.78, 5) is 47.9. The molecule has 10 heteroatoms. The first-order chi connectivity index (χ1) is 18.4. The van der Waals surface area contributed by atoms with Crippen molar-refractivity contribution in [1.29, 1.82) is 0 Å². The number of likely N-dealkylation sites (tertiary alicyclic amines) is 1. The Labute approximate surface area is 229 Å². The van der Waals surface area contributed by atoms with Gasteiger partial charge in [-0.2, -0.15) is 0 Å². The lowest BCUT2D eigenvalue weighted by Crippen LogP contribution is -2.58. The number of aliphatic hydroxyl groups is 1. The number of morpholine rings is 1. The van der Waals surface area contributed by atoms with Gasteiger partial charge in [0.05, 0.1) is 49.1 Å². The number of nitrogens with zero attached hydrogens (tertiary/aromatic N) is 3. The van der Waals surface area contributed by atoms with E-state index in [0.717, 1.165) is 38.9 Å². The van der Waals surface area contributed by atoms with Gasteiger partial charge in [0.2, 0.25) is 11.8 Å². The average Bonchev–Trinajstić information content (AvgIpc) is 3.29. The van der Waals surface area contributed by atoms with Crippen LogP contribution in [-0.4, -0.2) is 119 Å². The Morgan fingerprint density at radius 3 is 2.61 bits per heavy atom. The lowest BCUT2D eigenvalue weighted by Gasteiger charge is -2.40. The van der Waals surface area contributed by atoms with Gasteiger partial charge in [0.15, 0.2) is 0 Å². The van der Waals surface area contributed by atoms with Gasteiger partial charge in [0, 0.05) is 38.0 Å². The Morgan fingerprint density at radius 2 is 1.87 bits per heavy atom. The van der Waals surface area contributed by atoms with E-state index >= 15 is 0 Å². The predicted octanol–water partition coefficient (Wildman–Crippen LogP) is 1.31. The Kier molecular flexibility index (Phi) is 8.52. The number of rotatable bonds is 6. The normalized spacial score (nSPS) is 35.9. The van der Waals surface area contributed by atoms with Crippen LogP contribution in [-0.2, 0) is 23.9 Å². The maximum absolute atomic E-state index is 14.4. The van der Waals surface area contributed by atoms with Crippen molar-refractivity contribution in [2.24, 2.45) is 17.8 Å². The van der Waals surface area contributed by atoms with Crippen molar-refractivity contribution in [2.45, 2.75) is 55.2 Å². The molecule has 5 rings (SSSR count). The van der Waals surface area contributed by atoms with E-state index in [1.54, 1.807) is 16.7 Å². The zero-order valence-electron chi connectivity index (χ0n) is 22.5. The third kappa shape index (κ3) is 4.93. The summed E-state index contributed by atoms with van der Waals surface area (Å²) < 4.78 is 10.3. The maximum atomic E-state index is 14.4. The smallest absolute Gasteiger partial charge is 0.311 e. The van der Waals surface area contributed by atoms with Crippen LogP contribution < -0.4 is 0 Å². The second-order valence-electron chi connectivity index (χ2n) is 11.3. The molecule has 3 fully saturated rings. The molecule has 0 aliphatic carbocycles. The Morgan fingerprint density at radius 1 is 1.08 bits per heavy atom. The Balaban J connectivity index is 1.52. The van der Waals surface area contributed by atoms with Crippen LogP contribution in [0.15, 0.2) is 24.3 Å². The largest absolute Gasteiger partial charge is 0.465 e. The molecule has 38 heavy (non-hydrogen) atoms. The quantitative estimate of drug-likeness (QED) is 0.393. The van der Waals surface area contributed by atoms with Crippen LogP contribution in [0.5, 0.6) is 0 Å². The minimum absolute atomic E-state index is 0.0571. The molecule has 1 unspecified atom stereocenters. The second kappa shape index (κ2) is 11.7. The highest BCUT2D eigenvalue weighted by molar-refractivity contribution is 8.02. The van der Waals surface area contributed by atoms with Gasteiger partial charge in [0.25, 0.3) is 0 Å². The van der Waals surface area contributed by atoms with E-state index in [1.807, 2.05) is 30.9 Å². The van der Waals surface area contributed by atoms with E-state index in [9.17, 15) is 19.5 Å². The van der Waals surface area contributed by atoms with E-state index in [2.05, 4.69) is 17.1 Å². The van der Waals surface area contributed by atoms with Crippen molar-refractivity contribution in [2.75, 3.05) is 59.2 Å². The average molecular weight is 548 g/mol. The van der Waals surface area contributed by atoms with Gasteiger partial charge in [-0.25, -0.2) is 0 Å². The summed E-state index contributed by atoms with van der Waals surface area (Å²) in [5.41, 5.74) is 0. The van der Waals surface area contributed by atoms with Gasteiger partial charge in [-0.05, 0) is 25.2 Å². The number of hydrogen-bond donors (Lipinski definition) is 1. The van der Waals surface area contributed by atoms with Crippen molar-refractivity contribution in [3.63, 3.8) is 0 Å². The first kappa shape index (κ1) is 27.7. The van der Waals surface area contributed by atoms with Crippen LogP contribution in [0.4, 0.5) is 0 Å². The summed E-state index contributed by atoms with van der Waals surface area (Å²) in [5, 5.41) is 10.1. The molecule has 0 saturated carbocycles. The van der Waals surface area contributed by atoms with Gasteiger partial charge < -0.3 is 24.4 Å². The molecule has 0 bridgehead atoms. The minimum atomic E-state index is -0.892. The fourth-order valence-corrected chi connectivity index (χ4v) is 8.66. The molecule has 5 aliphatic heterocycles. The number of allylic oxidation sites excluding steroid dienone is 1. The summed E-state index contributed by atoms with van der Waals surface area (Å²) in [6.45, 7) is 8.83. The first-order valence-electron chi connectivity index (χ1n) is 14.1. The number of fused-ring (bicyclic) bond motifs is 2. The summed E-state index contributed by atoms with van der Waals surface area (Å²) in [5.74, 6) is -2.13. The maximum Gasteiger partial charge on any atom is 0.311 e. The summed E-state index contributed by atoms with van der Waals surface area (Å²) >= 11 is 1.56.